The number of carbonyl (C=O) groups is 1. The van der Waals surface area contributed by atoms with Gasteiger partial charge in [-0.25, -0.2) is 4.98 Å². The minimum Gasteiger partial charge on any atom is -0.433 e. The smallest absolute Gasteiger partial charge is 0.387 e. The van der Waals surface area contributed by atoms with Gasteiger partial charge in [0.05, 0.1) is 11.2 Å². The van der Waals surface area contributed by atoms with Crippen molar-refractivity contribution in [2.24, 2.45) is 0 Å². The second-order valence-corrected chi connectivity index (χ2v) is 6.64. The fourth-order valence-electron chi connectivity index (χ4n) is 3.46. The van der Waals surface area contributed by atoms with Crippen LogP contribution < -0.4 is 15.0 Å². The highest BCUT2D eigenvalue weighted by atomic mass is 19.3. The van der Waals surface area contributed by atoms with Gasteiger partial charge in [-0.2, -0.15) is 8.78 Å². The molecule has 2 heterocycles. The number of halogens is 2. The Hall–Kier alpha value is -3.22. The lowest BCUT2D eigenvalue weighted by atomic mass is 10.2. The third-order valence-electron chi connectivity index (χ3n) is 4.78. The van der Waals surface area contributed by atoms with Crippen LogP contribution in [0.3, 0.4) is 0 Å². The van der Waals surface area contributed by atoms with Gasteiger partial charge in [0, 0.05) is 24.5 Å². The number of carbonyl (C=O) groups excluding carboxylic acids is 1. The molecule has 0 bridgehead atoms. The van der Waals surface area contributed by atoms with Gasteiger partial charge in [-0.05, 0) is 30.7 Å². The van der Waals surface area contributed by atoms with E-state index in [0.29, 0.717) is 30.9 Å². The van der Waals surface area contributed by atoms with Crippen molar-refractivity contribution in [2.75, 3.05) is 18.0 Å². The van der Waals surface area contributed by atoms with Crippen molar-refractivity contribution in [3.63, 3.8) is 0 Å². The van der Waals surface area contributed by atoms with Crippen LogP contribution in [0, 0.1) is 0 Å². The van der Waals surface area contributed by atoms with E-state index in [9.17, 15) is 13.6 Å². The second kappa shape index (κ2) is 7.80. The van der Waals surface area contributed by atoms with Gasteiger partial charge >= 0.3 is 6.61 Å². The first kappa shape index (κ1) is 18.2. The van der Waals surface area contributed by atoms with Crippen LogP contribution in [0.2, 0.25) is 0 Å². The van der Waals surface area contributed by atoms with Crippen molar-refractivity contribution < 1.29 is 18.3 Å². The monoisotopic (exact) mass is 383 g/mol. The maximum absolute atomic E-state index is 12.6. The Morgan fingerprint density at radius 3 is 2.75 bits per heavy atom. The number of nitrogens with one attached hydrogen (secondary N) is 1. The molecule has 1 saturated heterocycles. The van der Waals surface area contributed by atoms with Gasteiger partial charge in [-0.3, -0.25) is 4.79 Å². The van der Waals surface area contributed by atoms with E-state index in [2.05, 4.69) is 15.0 Å². The van der Waals surface area contributed by atoms with Gasteiger partial charge in [-0.15, -0.1) is 0 Å². The fraction of sp³-hybridized carbons (Fsp3) is 0.238. The molecule has 0 radical (unpaired) electrons. The zero-order valence-corrected chi connectivity index (χ0v) is 15.0. The highest BCUT2D eigenvalue weighted by molar-refractivity contribution is 5.95. The van der Waals surface area contributed by atoms with Gasteiger partial charge in [0.15, 0.2) is 0 Å². The van der Waals surface area contributed by atoms with Crippen molar-refractivity contribution in [3.8, 4) is 5.75 Å². The molecular weight excluding hydrogens is 364 g/mol. The number of amides is 1. The zero-order valence-electron chi connectivity index (χ0n) is 15.0. The predicted molar refractivity (Wildman–Crippen MR) is 103 cm³/mol. The summed E-state index contributed by atoms with van der Waals surface area (Å²) in [5, 5.41) is 3.96. The number of benzene rings is 2. The average Bonchev–Trinajstić information content (AvgIpc) is 3.15. The fourth-order valence-corrected chi connectivity index (χ4v) is 3.46. The first-order chi connectivity index (χ1) is 13.6. The summed E-state index contributed by atoms with van der Waals surface area (Å²) < 4.78 is 29.9. The topological polar surface area (TPSA) is 54.5 Å². The Kier molecular flexibility index (Phi) is 5.06. The van der Waals surface area contributed by atoms with Crippen LogP contribution in [0.4, 0.5) is 14.5 Å². The van der Waals surface area contributed by atoms with Crippen molar-refractivity contribution in [2.45, 2.75) is 19.1 Å². The van der Waals surface area contributed by atoms with Crippen LogP contribution >= 0.6 is 0 Å². The number of rotatable bonds is 5. The number of ether oxygens (including phenoxy) is 1. The molecule has 0 unspecified atom stereocenters. The maximum Gasteiger partial charge on any atom is 0.387 e. The van der Waals surface area contributed by atoms with Crippen molar-refractivity contribution in [1.82, 2.24) is 10.3 Å². The van der Waals surface area contributed by atoms with E-state index in [1.165, 1.54) is 6.07 Å². The number of alkyl halides is 2. The molecule has 28 heavy (non-hydrogen) atoms. The Morgan fingerprint density at radius 1 is 1.11 bits per heavy atom. The summed E-state index contributed by atoms with van der Waals surface area (Å²) in [7, 11) is 0. The minimum atomic E-state index is -2.88. The van der Waals surface area contributed by atoms with E-state index < -0.39 is 6.61 Å². The van der Waals surface area contributed by atoms with E-state index >= 15 is 0 Å². The van der Waals surface area contributed by atoms with E-state index in [0.717, 1.165) is 10.9 Å². The van der Waals surface area contributed by atoms with E-state index in [1.54, 1.807) is 24.3 Å². The molecule has 0 spiro atoms. The number of pyridine rings is 1. The average molecular weight is 383 g/mol. The third-order valence-corrected chi connectivity index (χ3v) is 4.78. The molecule has 1 fully saturated rings. The molecule has 2 aromatic carbocycles. The van der Waals surface area contributed by atoms with Crippen molar-refractivity contribution in [1.29, 1.82) is 0 Å². The molecule has 5 nitrogen and oxygen atoms in total. The summed E-state index contributed by atoms with van der Waals surface area (Å²) in [6.45, 7) is -1.72. The summed E-state index contributed by atoms with van der Waals surface area (Å²) in [6.07, 6.45) is 0.711. The number of nitrogens with zero attached hydrogens (tertiary/aromatic N) is 2. The lowest BCUT2D eigenvalue weighted by molar-refractivity contribution is -0.0495. The first-order valence-corrected chi connectivity index (χ1v) is 9.05. The molecule has 4 rings (SSSR count). The molecule has 1 atom stereocenters. The van der Waals surface area contributed by atoms with Crippen molar-refractivity contribution in [3.05, 3.63) is 66.4 Å². The number of hydrogen-bond acceptors (Lipinski definition) is 4. The van der Waals surface area contributed by atoms with Gasteiger partial charge < -0.3 is 15.0 Å². The van der Waals surface area contributed by atoms with Crippen LogP contribution in [0.25, 0.3) is 10.9 Å². The largest absolute Gasteiger partial charge is 0.433 e. The Bertz CT molecular complexity index is 996. The predicted octanol–water partition coefficient (Wildman–Crippen LogP) is 3.84. The first-order valence-electron chi connectivity index (χ1n) is 9.05. The van der Waals surface area contributed by atoms with Gasteiger partial charge in [-0.1, -0.05) is 36.4 Å². The number of hydrogen-bond donors (Lipinski definition) is 1. The van der Waals surface area contributed by atoms with Crippen LogP contribution in [0.15, 0.2) is 60.7 Å². The molecule has 0 aliphatic carbocycles. The summed E-state index contributed by atoms with van der Waals surface area (Å²) in [4.78, 5) is 18.9. The summed E-state index contributed by atoms with van der Waals surface area (Å²) in [5.41, 5.74) is 1.73. The van der Waals surface area contributed by atoms with Crippen LogP contribution in [-0.4, -0.2) is 36.6 Å². The van der Waals surface area contributed by atoms with E-state index in [1.807, 2.05) is 35.2 Å². The summed E-state index contributed by atoms with van der Waals surface area (Å²) in [5.74, 6) is -0.101. The van der Waals surface area contributed by atoms with E-state index in [4.69, 9.17) is 0 Å². The lowest BCUT2D eigenvalue weighted by Gasteiger charge is -2.22. The number of anilines is 1. The molecule has 1 aliphatic rings. The van der Waals surface area contributed by atoms with Crippen LogP contribution in [0.5, 0.6) is 5.75 Å². The molecule has 1 N–H and O–H groups in total. The summed E-state index contributed by atoms with van der Waals surface area (Å²) >= 11 is 0. The third kappa shape index (κ3) is 3.88. The van der Waals surface area contributed by atoms with Crippen molar-refractivity contribution >= 4 is 22.5 Å². The SMILES string of the molecule is O=C(N[C@H]1CCN(c2ccccc2OC(F)F)C1)c1ccc2ccccc2n1. The minimum absolute atomic E-state index is 0.0969. The molecule has 0 saturated carbocycles. The Labute approximate surface area is 160 Å². The van der Waals surface area contributed by atoms with Gasteiger partial charge in [0.1, 0.15) is 11.4 Å². The van der Waals surface area contributed by atoms with E-state index in [-0.39, 0.29) is 17.7 Å². The molecule has 1 amide bonds. The quantitative estimate of drug-likeness (QED) is 0.727. The number of para-hydroxylation sites is 3. The molecule has 3 aromatic rings. The standard InChI is InChI=1S/C21H19F2N3O2/c22-21(23)28-19-8-4-3-7-18(19)26-12-11-15(13-26)24-20(27)17-10-9-14-5-1-2-6-16(14)25-17/h1-10,15,21H,11-13H2,(H,24,27)/t15-/m0/s1. The molecule has 144 valence electrons. The van der Waals surface area contributed by atoms with Crippen LogP contribution in [-0.2, 0) is 0 Å². The van der Waals surface area contributed by atoms with Gasteiger partial charge in [0.2, 0.25) is 0 Å². The highest BCUT2D eigenvalue weighted by Crippen LogP contribution is 2.31. The molecular formula is C21H19F2N3O2. The normalized spacial score (nSPS) is 16.5. The second-order valence-electron chi connectivity index (χ2n) is 6.64. The molecule has 7 heteroatoms. The van der Waals surface area contributed by atoms with Crippen LogP contribution in [0.1, 0.15) is 16.9 Å². The lowest BCUT2D eigenvalue weighted by Crippen LogP contribution is -2.37. The maximum atomic E-state index is 12.6. The van der Waals surface area contributed by atoms with Gasteiger partial charge in [0.25, 0.3) is 5.91 Å². The Morgan fingerprint density at radius 2 is 1.89 bits per heavy atom. The Balaban J connectivity index is 1.44. The number of aromatic nitrogens is 1. The number of fused-ring (bicyclic) bond motifs is 1. The molecule has 1 aromatic heterocycles. The summed E-state index contributed by atoms with van der Waals surface area (Å²) in [6, 6.07) is 17.8. The zero-order chi connectivity index (χ0) is 19.5. The highest BCUT2D eigenvalue weighted by Gasteiger charge is 2.27. The molecule has 1 aliphatic heterocycles.